The van der Waals surface area contributed by atoms with E-state index in [0.29, 0.717) is 43.0 Å². The summed E-state index contributed by atoms with van der Waals surface area (Å²) in [5.74, 6) is -1.59. The second-order valence-corrected chi connectivity index (χ2v) is 7.02. The quantitative estimate of drug-likeness (QED) is 0.867. The first-order valence-electron chi connectivity index (χ1n) is 9.25. The molecule has 1 unspecified atom stereocenters. The van der Waals surface area contributed by atoms with Crippen molar-refractivity contribution in [2.24, 2.45) is 0 Å². The van der Waals surface area contributed by atoms with Crippen molar-refractivity contribution in [1.29, 1.82) is 0 Å². The van der Waals surface area contributed by atoms with Gasteiger partial charge in [-0.3, -0.25) is 14.4 Å². The molecule has 1 atom stereocenters. The third kappa shape index (κ3) is 3.47. The number of hydrogen-bond donors (Lipinski definition) is 1. The van der Waals surface area contributed by atoms with Gasteiger partial charge in [0.05, 0.1) is 5.92 Å². The van der Waals surface area contributed by atoms with Gasteiger partial charge in [-0.25, -0.2) is 4.39 Å². The molecule has 2 aliphatic heterocycles. The molecule has 2 aromatic carbocycles. The highest BCUT2D eigenvalue weighted by atomic mass is 19.1. The molecule has 0 bridgehead atoms. The number of nitrogens with zero attached hydrogens (tertiary/aromatic N) is 2. The van der Waals surface area contributed by atoms with Crippen LogP contribution in [0.2, 0.25) is 0 Å². The Morgan fingerprint density at radius 1 is 0.964 bits per heavy atom. The minimum Gasteiger partial charge on any atom is -0.339 e. The second-order valence-electron chi connectivity index (χ2n) is 7.02. The summed E-state index contributed by atoms with van der Waals surface area (Å²) in [6.07, 6.45) is 0.0423. The Kier molecular flexibility index (Phi) is 4.81. The van der Waals surface area contributed by atoms with Crippen molar-refractivity contribution in [2.45, 2.75) is 12.3 Å². The molecule has 0 aliphatic carbocycles. The third-order valence-electron chi connectivity index (χ3n) is 5.25. The SMILES string of the molecule is O=C1CC(C(=O)N2CCN(C(=O)c3ccccc3)CC2)c2ccc(F)cc2N1. The van der Waals surface area contributed by atoms with Crippen molar-refractivity contribution in [1.82, 2.24) is 9.80 Å². The van der Waals surface area contributed by atoms with E-state index in [1.165, 1.54) is 12.1 Å². The van der Waals surface area contributed by atoms with Gasteiger partial charge in [0.2, 0.25) is 11.8 Å². The number of amides is 3. The summed E-state index contributed by atoms with van der Waals surface area (Å²) in [4.78, 5) is 41.0. The highest BCUT2D eigenvalue weighted by molar-refractivity contribution is 6.01. The molecular formula is C21H20FN3O3. The average molecular weight is 381 g/mol. The second kappa shape index (κ2) is 7.42. The van der Waals surface area contributed by atoms with Crippen LogP contribution >= 0.6 is 0 Å². The van der Waals surface area contributed by atoms with Crippen LogP contribution in [-0.4, -0.2) is 53.7 Å². The van der Waals surface area contributed by atoms with Gasteiger partial charge < -0.3 is 15.1 Å². The molecule has 144 valence electrons. The van der Waals surface area contributed by atoms with E-state index in [1.54, 1.807) is 28.0 Å². The van der Waals surface area contributed by atoms with Crippen LogP contribution < -0.4 is 5.32 Å². The fourth-order valence-electron chi connectivity index (χ4n) is 3.77. The van der Waals surface area contributed by atoms with Crippen LogP contribution in [0.25, 0.3) is 0 Å². The lowest BCUT2D eigenvalue weighted by Gasteiger charge is -2.37. The van der Waals surface area contributed by atoms with Gasteiger partial charge in [-0.2, -0.15) is 0 Å². The molecule has 28 heavy (non-hydrogen) atoms. The van der Waals surface area contributed by atoms with Crippen molar-refractivity contribution in [2.75, 3.05) is 31.5 Å². The Morgan fingerprint density at radius 3 is 2.36 bits per heavy atom. The molecule has 0 aromatic heterocycles. The van der Waals surface area contributed by atoms with Crippen LogP contribution in [0, 0.1) is 5.82 Å². The first kappa shape index (κ1) is 18.2. The van der Waals surface area contributed by atoms with E-state index in [9.17, 15) is 18.8 Å². The number of benzene rings is 2. The summed E-state index contributed by atoms with van der Waals surface area (Å²) in [6, 6.07) is 13.1. The first-order chi connectivity index (χ1) is 13.5. The zero-order chi connectivity index (χ0) is 19.7. The predicted molar refractivity (Wildman–Crippen MR) is 101 cm³/mol. The summed E-state index contributed by atoms with van der Waals surface area (Å²) >= 11 is 0. The number of hydrogen-bond acceptors (Lipinski definition) is 3. The summed E-state index contributed by atoms with van der Waals surface area (Å²) in [6.45, 7) is 1.70. The Balaban J connectivity index is 1.45. The van der Waals surface area contributed by atoms with Crippen molar-refractivity contribution >= 4 is 23.4 Å². The molecule has 7 heteroatoms. The molecule has 4 rings (SSSR count). The normalized spacial score (nSPS) is 19.0. The van der Waals surface area contributed by atoms with Gasteiger partial charge in [-0.1, -0.05) is 24.3 Å². The van der Waals surface area contributed by atoms with E-state index in [-0.39, 0.29) is 24.1 Å². The number of fused-ring (bicyclic) bond motifs is 1. The van der Waals surface area contributed by atoms with Gasteiger partial charge in [0.15, 0.2) is 0 Å². The average Bonchev–Trinajstić information content (AvgIpc) is 2.72. The predicted octanol–water partition coefficient (Wildman–Crippen LogP) is 2.24. The lowest BCUT2D eigenvalue weighted by atomic mass is 9.89. The van der Waals surface area contributed by atoms with E-state index in [0.717, 1.165) is 0 Å². The van der Waals surface area contributed by atoms with Crippen LogP contribution in [0.15, 0.2) is 48.5 Å². The highest BCUT2D eigenvalue weighted by Crippen LogP contribution is 2.34. The monoisotopic (exact) mass is 381 g/mol. The zero-order valence-corrected chi connectivity index (χ0v) is 15.2. The molecule has 3 amide bonds. The zero-order valence-electron chi connectivity index (χ0n) is 15.2. The van der Waals surface area contributed by atoms with Crippen LogP contribution in [0.3, 0.4) is 0 Å². The number of carbonyl (C=O) groups is 3. The van der Waals surface area contributed by atoms with Crippen LogP contribution in [0.1, 0.15) is 28.3 Å². The van der Waals surface area contributed by atoms with Crippen LogP contribution in [0.5, 0.6) is 0 Å². The van der Waals surface area contributed by atoms with E-state index in [2.05, 4.69) is 5.32 Å². The Bertz CT molecular complexity index is 924. The van der Waals surface area contributed by atoms with Crippen LogP contribution in [-0.2, 0) is 9.59 Å². The summed E-state index contributed by atoms with van der Waals surface area (Å²) in [5.41, 5.74) is 1.61. The molecule has 2 heterocycles. The maximum absolute atomic E-state index is 13.5. The fraction of sp³-hybridized carbons (Fsp3) is 0.286. The minimum absolute atomic E-state index is 0.0423. The van der Waals surface area contributed by atoms with E-state index >= 15 is 0 Å². The standard InChI is InChI=1S/C21H20FN3O3/c22-15-6-7-16-17(13-19(26)23-18(16)12-15)21(28)25-10-8-24(9-11-25)20(27)14-4-2-1-3-5-14/h1-7,12,17H,8-11,13H2,(H,23,26). The van der Waals surface area contributed by atoms with Gasteiger partial charge in [0.1, 0.15) is 5.82 Å². The molecule has 0 spiro atoms. The largest absolute Gasteiger partial charge is 0.339 e. The number of rotatable bonds is 2. The molecule has 2 aliphatic rings. The van der Waals surface area contributed by atoms with Gasteiger partial charge in [0, 0.05) is 43.9 Å². The molecule has 2 aromatic rings. The molecule has 0 radical (unpaired) electrons. The van der Waals surface area contributed by atoms with Gasteiger partial charge in [-0.05, 0) is 29.8 Å². The number of piperazine rings is 1. The fourth-order valence-corrected chi connectivity index (χ4v) is 3.77. The molecule has 6 nitrogen and oxygen atoms in total. The third-order valence-corrected chi connectivity index (χ3v) is 5.25. The van der Waals surface area contributed by atoms with E-state index in [4.69, 9.17) is 0 Å². The number of anilines is 1. The van der Waals surface area contributed by atoms with Crippen molar-refractivity contribution < 1.29 is 18.8 Å². The number of halogens is 1. The number of carbonyl (C=O) groups excluding carboxylic acids is 3. The molecule has 1 fully saturated rings. The highest BCUT2D eigenvalue weighted by Gasteiger charge is 2.35. The Hall–Kier alpha value is -3.22. The van der Waals surface area contributed by atoms with E-state index < -0.39 is 11.7 Å². The van der Waals surface area contributed by atoms with E-state index in [1.807, 2.05) is 18.2 Å². The topological polar surface area (TPSA) is 69.7 Å². The van der Waals surface area contributed by atoms with Crippen molar-refractivity contribution in [3.63, 3.8) is 0 Å². The smallest absolute Gasteiger partial charge is 0.253 e. The number of nitrogens with one attached hydrogen (secondary N) is 1. The Labute approximate surface area is 161 Å². The minimum atomic E-state index is -0.624. The molecular weight excluding hydrogens is 361 g/mol. The maximum atomic E-state index is 13.5. The summed E-state index contributed by atoms with van der Waals surface area (Å²) in [5, 5.41) is 2.63. The van der Waals surface area contributed by atoms with Crippen molar-refractivity contribution in [3.8, 4) is 0 Å². The molecule has 1 N–H and O–H groups in total. The maximum Gasteiger partial charge on any atom is 0.253 e. The lowest BCUT2D eigenvalue weighted by molar-refractivity contribution is -0.136. The van der Waals surface area contributed by atoms with Gasteiger partial charge in [-0.15, -0.1) is 0 Å². The van der Waals surface area contributed by atoms with Gasteiger partial charge in [0.25, 0.3) is 5.91 Å². The lowest BCUT2D eigenvalue weighted by Crippen LogP contribution is -2.52. The Morgan fingerprint density at radius 2 is 1.64 bits per heavy atom. The summed E-state index contributed by atoms with van der Waals surface area (Å²) in [7, 11) is 0. The molecule has 1 saturated heterocycles. The first-order valence-corrected chi connectivity index (χ1v) is 9.25. The van der Waals surface area contributed by atoms with Gasteiger partial charge >= 0.3 is 0 Å². The summed E-state index contributed by atoms with van der Waals surface area (Å²) < 4.78 is 13.5. The van der Waals surface area contributed by atoms with Crippen LogP contribution in [0.4, 0.5) is 10.1 Å². The van der Waals surface area contributed by atoms with Crippen molar-refractivity contribution in [3.05, 3.63) is 65.5 Å². The molecule has 0 saturated carbocycles.